The van der Waals surface area contributed by atoms with Crippen LogP contribution in [-0.2, 0) is 6.61 Å². The first-order valence-corrected chi connectivity index (χ1v) is 6.08. The molecule has 0 unspecified atom stereocenters. The van der Waals surface area contributed by atoms with E-state index in [1.165, 1.54) is 11.6 Å². The molecule has 0 aliphatic rings. The summed E-state index contributed by atoms with van der Waals surface area (Å²) in [6.07, 6.45) is 0. The maximum absolute atomic E-state index is 13.5. The first-order valence-electron chi connectivity index (χ1n) is 5.28. The zero-order chi connectivity index (χ0) is 12.3. The molecule has 88 valence electrons. The standard InChI is InChI=1S/C14H12BrFO/c1-10-3-2-4-11(7-10)9-17-14-6-5-12(15)8-13(14)16/h2-8H,9H2,1H3. The molecule has 0 aromatic heterocycles. The topological polar surface area (TPSA) is 9.23 Å². The van der Waals surface area contributed by atoms with Gasteiger partial charge in [-0.2, -0.15) is 0 Å². The first kappa shape index (κ1) is 12.1. The number of halogens is 2. The molecule has 0 fully saturated rings. The van der Waals surface area contributed by atoms with E-state index in [0.29, 0.717) is 11.1 Å². The van der Waals surface area contributed by atoms with Crippen molar-refractivity contribution < 1.29 is 9.13 Å². The molecule has 0 aliphatic heterocycles. The lowest BCUT2D eigenvalue weighted by Gasteiger charge is -2.08. The van der Waals surface area contributed by atoms with Crippen LogP contribution in [0.4, 0.5) is 4.39 Å². The highest BCUT2D eigenvalue weighted by atomic mass is 79.9. The van der Waals surface area contributed by atoms with E-state index < -0.39 is 0 Å². The van der Waals surface area contributed by atoms with Crippen molar-refractivity contribution in [2.24, 2.45) is 0 Å². The van der Waals surface area contributed by atoms with Gasteiger partial charge in [0.2, 0.25) is 0 Å². The van der Waals surface area contributed by atoms with Gasteiger partial charge in [-0.05, 0) is 30.7 Å². The van der Waals surface area contributed by atoms with Gasteiger partial charge in [0, 0.05) is 4.47 Å². The van der Waals surface area contributed by atoms with Crippen LogP contribution in [0, 0.1) is 12.7 Å². The number of aryl methyl sites for hydroxylation is 1. The van der Waals surface area contributed by atoms with Crippen LogP contribution in [0.1, 0.15) is 11.1 Å². The number of hydrogen-bond donors (Lipinski definition) is 0. The lowest BCUT2D eigenvalue weighted by atomic mass is 10.1. The number of benzene rings is 2. The zero-order valence-electron chi connectivity index (χ0n) is 9.41. The second kappa shape index (κ2) is 5.32. The van der Waals surface area contributed by atoms with Gasteiger partial charge in [0.25, 0.3) is 0 Å². The number of hydrogen-bond acceptors (Lipinski definition) is 1. The summed E-state index contributed by atoms with van der Waals surface area (Å²) >= 11 is 3.21. The highest BCUT2D eigenvalue weighted by Gasteiger charge is 2.04. The summed E-state index contributed by atoms with van der Waals surface area (Å²) in [7, 11) is 0. The van der Waals surface area contributed by atoms with Crippen molar-refractivity contribution in [2.45, 2.75) is 13.5 Å². The normalized spacial score (nSPS) is 10.3. The highest BCUT2D eigenvalue weighted by molar-refractivity contribution is 9.10. The van der Waals surface area contributed by atoms with Gasteiger partial charge in [-0.1, -0.05) is 45.8 Å². The molecule has 17 heavy (non-hydrogen) atoms. The van der Waals surface area contributed by atoms with E-state index in [9.17, 15) is 4.39 Å². The Hall–Kier alpha value is -1.35. The molecule has 3 heteroatoms. The third kappa shape index (κ3) is 3.30. The van der Waals surface area contributed by atoms with Crippen molar-refractivity contribution >= 4 is 15.9 Å². The number of ether oxygens (including phenoxy) is 1. The van der Waals surface area contributed by atoms with Crippen LogP contribution in [-0.4, -0.2) is 0 Å². The maximum atomic E-state index is 13.5. The Morgan fingerprint density at radius 1 is 1.18 bits per heavy atom. The van der Waals surface area contributed by atoms with Gasteiger partial charge in [0.05, 0.1) is 0 Å². The van der Waals surface area contributed by atoms with Crippen molar-refractivity contribution in [1.29, 1.82) is 0 Å². The van der Waals surface area contributed by atoms with Gasteiger partial charge in [-0.25, -0.2) is 4.39 Å². The molecule has 0 spiro atoms. The molecule has 0 atom stereocenters. The molecule has 0 saturated heterocycles. The monoisotopic (exact) mass is 294 g/mol. The van der Waals surface area contributed by atoms with E-state index in [2.05, 4.69) is 15.9 Å². The fourth-order valence-corrected chi connectivity index (χ4v) is 1.89. The molecule has 0 radical (unpaired) electrons. The second-order valence-corrected chi connectivity index (χ2v) is 4.77. The minimum atomic E-state index is -0.355. The molecule has 1 nitrogen and oxygen atoms in total. The fourth-order valence-electron chi connectivity index (χ4n) is 1.56. The first-order chi connectivity index (χ1) is 8.15. The van der Waals surface area contributed by atoms with Crippen molar-refractivity contribution in [3.05, 3.63) is 63.9 Å². The molecular weight excluding hydrogens is 283 g/mol. The molecule has 2 aromatic rings. The van der Waals surface area contributed by atoms with Gasteiger partial charge >= 0.3 is 0 Å². The lowest BCUT2D eigenvalue weighted by Crippen LogP contribution is -1.97. The van der Waals surface area contributed by atoms with Crippen molar-refractivity contribution in [1.82, 2.24) is 0 Å². The summed E-state index contributed by atoms with van der Waals surface area (Å²) in [5, 5.41) is 0. The fraction of sp³-hybridized carbons (Fsp3) is 0.143. The molecule has 2 aromatic carbocycles. The van der Waals surface area contributed by atoms with E-state index >= 15 is 0 Å². The Kier molecular flexibility index (Phi) is 3.79. The molecule has 0 amide bonds. The maximum Gasteiger partial charge on any atom is 0.166 e. The lowest BCUT2D eigenvalue weighted by molar-refractivity contribution is 0.290. The predicted octanol–water partition coefficient (Wildman–Crippen LogP) is 4.48. The zero-order valence-corrected chi connectivity index (χ0v) is 11.0. The van der Waals surface area contributed by atoms with Gasteiger partial charge in [0.1, 0.15) is 6.61 Å². The van der Waals surface area contributed by atoms with E-state index in [1.807, 2.05) is 31.2 Å². The molecular formula is C14H12BrFO. The van der Waals surface area contributed by atoms with Crippen molar-refractivity contribution in [3.8, 4) is 5.75 Å². The largest absolute Gasteiger partial charge is 0.486 e. The molecule has 2 rings (SSSR count). The van der Waals surface area contributed by atoms with Crippen molar-refractivity contribution in [2.75, 3.05) is 0 Å². The minimum Gasteiger partial charge on any atom is -0.486 e. The van der Waals surface area contributed by atoms with Crippen LogP contribution >= 0.6 is 15.9 Å². The molecule has 0 heterocycles. The van der Waals surface area contributed by atoms with Crippen LogP contribution in [0.25, 0.3) is 0 Å². The minimum absolute atomic E-state index is 0.273. The molecule has 0 N–H and O–H groups in total. The third-order valence-electron chi connectivity index (χ3n) is 2.37. The Labute approximate surface area is 108 Å². The van der Waals surface area contributed by atoms with Crippen LogP contribution in [0.2, 0.25) is 0 Å². The van der Waals surface area contributed by atoms with E-state index in [-0.39, 0.29) is 11.6 Å². The smallest absolute Gasteiger partial charge is 0.166 e. The summed E-state index contributed by atoms with van der Waals surface area (Å²) in [5.74, 6) is -0.0817. The summed E-state index contributed by atoms with van der Waals surface area (Å²) in [6, 6.07) is 12.7. The van der Waals surface area contributed by atoms with Gasteiger partial charge in [-0.15, -0.1) is 0 Å². The quantitative estimate of drug-likeness (QED) is 0.811. The summed E-state index contributed by atoms with van der Waals surface area (Å²) in [4.78, 5) is 0. The Morgan fingerprint density at radius 2 is 2.00 bits per heavy atom. The summed E-state index contributed by atoms with van der Waals surface area (Å²) in [6.45, 7) is 2.39. The third-order valence-corrected chi connectivity index (χ3v) is 2.86. The highest BCUT2D eigenvalue weighted by Crippen LogP contribution is 2.22. The Morgan fingerprint density at radius 3 is 2.71 bits per heavy atom. The second-order valence-electron chi connectivity index (χ2n) is 3.85. The average Bonchev–Trinajstić information content (AvgIpc) is 2.28. The van der Waals surface area contributed by atoms with Gasteiger partial charge in [0.15, 0.2) is 11.6 Å². The summed E-state index contributed by atoms with van der Waals surface area (Å²) in [5.41, 5.74) is 2.20. The average molecular weight is 295 g/mol. The SMILES string of the molecule is Cc1cccc(COc2ccc(Br)cc2F)c1. The van der Waals surface area contributed by atoms with Gasteiger partial charge < -0.3 is 4.74 Å². The molecule has 0 aliphatic carbocycles. The Balaban J connectivity index is 2.07. The summed E-state index contributed by atoms with van der Waals surface area (Å²) < 4.78 is 19.6. The molecule has 0 saturated carbocycles. The number of rotatable bonds is 3. The Bertz CT molecular complexity index is 525. The van der Waals surface area contributed by atoms with Crippen LogP contribution < -0.4 is 4.74 Å². The van der Waals surface area contributed by atoms with Crippen LogP contribution in [0.3, 0.4) is 0 Å². The molecule has 0 bridgehead atoms. The van der Waals surface area contributed by atoms with E-state index in [4.69, 9.17) is 4.74 Å². The predicted molar refractivity (Wildman–Crippen MR) is 69.6 cm³/mol. The van der Waals surface area contributed by atoms with Crippen molar-refractivity contribution in [3.63, 3.8) is 0 Å². The van der Waals surface area contributed by atoms with E-state index in [1.54, 1.807) is 12.1 Å². The van der Waals surface area contributed by atoms with E-state index in [0.717, 1.165) is 5.56 Å². The van der Waals surface area contributed by atoms with Crippen LogP contribution in [0.15, 0.2) is 46.9 Å². The van der Waals surface area contributed by atoms with Gasteiger partial charge in [-0.3, -0.25) is 0 Å². The van der Waals surface area contributed by atoms with Crippen LogP contribution in [0.5, 0.6) is 5.75 Å².